The van der Waals surface area contributed by atoms with E-state index < -0.39 is 0 Å². The first-order chi connectivity index (χ1) is 18.8. The van der Waals surface area contributed by atoms with Crippen molar-refractivity contribution in [3.63, 3.8) is 0 Å². The van der Waals surface area contributed by atoms with Crippen LogP contribution in [-0.2, 0) is 0 Å². The van der Waals surface area contributed by atoms with Gasteiger partial charge in [-0.05, 0) is 127 Å². The van der Waals surface area contributed by atoms with Crippen LogP contribution in [0.5, 0.6) is 0 Å². The molecule has 0 heterocycles. The highest BCUT2D eigenvalue weighted by Gasteiger charge is 2.21. The highest BCUT2D eigenvalue weighted by Crippen LogP contribution is 2.49. The monoisotopic (exact) mass is 476 g/mol. The van der Waals surface area contributed by atoms with Gasteiger partial charge in [0.15, 0.2) is 0 Å². The van der Waals surface area contributed by atoms with Crippen molar-refractivity contribution in [1.29, 1.82) is 0 Å². The SMILES string of the molecule is c1ccc2cc3c(cc2c1)cc1c2cccc4c5cc6ccccc6cc5c5ccc6ccc3c1c6c5c42. The van der Waals surface area contributed by atoms with E-state index in [2.05, 4.69) is 121 Å². The van der Waals surface area contributed by atoms with E-state index in [1.807, 2.05) is 0 Å². The zero-order valence-corrected chi connectivity index (χ0v) is 20.5. The van der Waals surface area contributed by atoms with Gasteiger partial charge in [0.1, 0.15) is 0 Å². The molecule has 0 amide bonds. The summed E-state index contributed by atoms with van der Waals surface area (Å²) in [6, 6.07) is 45.8. The fourth-order valence-corrected chi connectivity index (χ4v) is 7.41. The molecule has 0 heteroatoms. The number of fused-ring (bicyclic) bond motifs is 8. The molecule has 0 atom stereocenters. The molecule has 38 heavy (non-hydrogen) atoms. The topological polar surface area (TPSA) is 0 Å². The van der Waals surface area contributed by atoms with Crippen LogP contribution in [0.1, 0.15) is 0 Å². The second-order valence-corrected chi connectivity index (χ2v) is 10.9. The van der Waals surface area contributed by atoms with Crippen molar-refractivity contribution in [1.82, 2.24) is 0 Å². The Bertz CT molecular complexity index is 2600. The van der Waals surface area contributed by atoms with Crippen molar-refractivity contribution in [2.24, 2.45) is 0 Å². The Morgan fingerprint density at radius 3 is 1.34 bits per heavy atom. The predicted molar refractivity (Wildman–Crippen MR) is 166 cm³/mol. The van der Waals surface area contributed by atoms with Gasteiger partial charge in [0.25, 0.3) is 0 Å². The minimum atomic E-state index is 1.29. The molecule has 0 N–H and O–H groups in total. The van der Waals surface area contributed by atoms with E-state index in [4.69, 9.17) is 0 Å². The molecule has 0 saturated heterocycles. The van der Waals surface area contributed by atoms with Crippen LogP contribution >= 0.6 is 0 Å². The van der Waals surface area contributed by atoms with E-state index in [1.54, 1.807) is 0 Å². The summed E-state index contributed by atoms with van der Waals surface area (Å²) < 4.78 is 0. The summed E-state index contributed by atoms with van der Waals surface area (Å²) in [5, 5.41) is 24.2. The standard InChI is InChI=1S/C38H20/c1-2-7-23-17-31-26(16-22(23)6-1)20-34-28-11-5-10-27-32-18-24-8-3-4-9-25(24)19-33(32)30-15-13-21-12-14-29(31)37(34)35(21)38(30)36(27)28/h1-20H. The molecule has 0 unspecified atom stereocenters. The van der Waals surface area contributed by atoms with E-state index in [0.29, 0.717) is 0 Å². The van der Waals surface area contributed by atoms with E-state index in [0.717, 1.165) is 0 Å². The molecule has 0 aliphatic rings. The lowest BCUT2D eigenvalue weighted by Crippen LogP contribution is -1.92. The Balaban J connectivity index is 1.56. The molecule has 10 aromatic carbocycles. The zero-order chi connectivity index (χ0) is 24.5. The van der Waals surface area contributed by atoms with Crippen LogP contribution in [-0.4, -0.2) is 0 Å². The number of hydrogen-bond donors (Lipinski definition) is 0. The molecule has 0 aromatic heterocycles. The Labute approximate surface area is 218 Å². The first kappa shape index (κ1) is 19.2. The summed E-state index contributed by atoms with van der Waals surface area (Å²) in [6.45, 7) is 0. The van der Waals surface area contributed by atoms with Gasteiger partial charge in [-0.25, -0.2) is 0 Å². The molecule has 0 aliphatic heterocycles. The van der Waals surface area contributed by atoms with Crippen LogP contribution < -0.4 is 0 Å². The molecule has 0 fully saturated rings. The van der Waals surface area contributed by atoms with E-state index in [1.165, 1.54) is 97.0 Å². The van der Waals surface area contributed by atoms with E-state index >= 15 is 0 Å². The van der Waals surface area contributed by atoms with Crippen molar-refractivity contribution >= 4 is 97.0 Å². The zero-order valence-electron chi connectivity index (χ0n) is 20.5. The molecular formula is C38H20. The molecule has 0 radical (unpaired) electrons. The van der Waals surface area contributed by atoms with Gasteiger partial charge >= 0.3 is 0 Å². The maximum atomic E-state index is 2.45. The normalized spacial score (nSPS) is 12.7. The molecule has 10 rings (SSSR count). The molecule has 172 valence electrons. The maximum Gasteiger partial charge on any atom is -0.000763 e. The minimum absolute atomic E-state index is 1.29. The highest BCUT2D eigenvalue weighted by atomic mass is 14.2. The van der Waals surface area contributed by atoms with E-state index in [-0.39, 0.29) is 0 Å². The summed E-state index contributed by atoms with van der Waals surface area (Å²) in [5.41, 5.74) is 0. The van der Waals surface area contributed by atoms with Gasteiger partial charge in [-0.3, -0.25) is 0 Å². The summed E-state index contributed by atoms with van der Waals surface area (Å²) in [7, 11) is 0. The second-order valence-electron chi connectivity index (χ2n) is 10.9. The van der Waals surface area contributed by atoms with Gasteiger partial charge in [0, 0.05) is 0 Å². The summed E-state index contributed by atoms with van der Waals surface area (Å²) in [5.74, 6) is 0. The lowest BCUT2D eigenvalue weighted by molar-refractivity contribution is 1.79. The highest BCUT2D eigenvalue weighted by molar-refractivity contribution is 6.46. The molecule has 0 bridgehead atoms. The third-order valence-corrected chi connectivity index (χ3v) is 9.03. The number of hydrogen-bond acceptors (Lipinski definition) is 0. The van der Waals surface area contributed by atoms with Crippen LogP contribution in [0.25, 0.3) is 97.0 Å². The van der Waals surface area contributed by atoms with Gasteiger partial charge in [-0.15, -0.1) is 0 Å². The van der Waals surface area contributed by atoms with Gasteiger partial charge in [-0.2, -0.15) is 0 Å². The molecule has 10 aromatic rings. The lowest BCUT2D eigenvalue weighted by atomic mass is 9.82. The average molecular weight is 477 g/mol. The fourth-order valence-electron chi connectivity index (χ4n) is 7.41. The summed E-state index contributed by atoms with van der Waals surface area (Å²) in [4.78, 5) is 0. The van der Waals surface area contributed by atoms with Crippen LogP contribution in [0.4, 0.5) is 0 Å². The molecule has 0 saturated carbocycles. The van der Waals surface area contributed by atoms with Crippen LogP contribution in [0, 0.1) is 0 Å². The molecular weight excluding hydrogens is 456 g/mol. The van der Waals surface area contributed by atoms with Gasteiger partial charge < -0.3 is 0 Å². The lowest BCUT2D eigenvalue weighted by Gasteiger charge is -2.21. The summed E-state index contributed by atoms with van der Waals surface area (Å²) in [6.07, 6.45) is 0. The van der Waals surface area contributed by atoms with Crippen LogP contribution in [0.15, 0.2) is 121 Å². The van der Waals surface area contributed by atoms with E-state index in [9.17, 15) is 0 Å². The van der Waals surface area contributed by atoms with Gasteiger partial charge in [-0.1, -0.05) is 91.0 Å². The first-order valence-corrected chi connectivity index (χ1v) is 13.4. The fraction of sp³-hybridized carbons (Fsp3) is 0. The number of rotatable bonds is 0. The van der Waals surface area contributed by atoms with Gasteiger partial charge in [0.05, 0.1) is 0 Å². The largest absolute Gasteiger partial charge is 0.0616 e. The minimum Gasteiger partial charge on any atom is -0.0616 e. The third-order valence-electron chi connectivity index (χ3n) is 9.03. The molecule has 0 aliphatic carbocycles. The van der Waals surface area contributed by atoms with Crippen molar-refractivity contribution in [3.8, 4) is 0 Å². The van der Waals surface area contributed by atoms with Crippen molar-refractivity contribution in [2.75, 3.05) is 0 Å². The number of benzene rings is 10. The molecule has 0 spiro atoms. The van der Waals surface area contributed by atoms with Crippen LogP contribution in [0.3, 0.4) is 0 Å². The van der Waals surface area contributed by atoms with Gasteiger partial charge in [0.2, 0.25) is 0 Å². The second kappa shape index (κ2) is 6.49. The Kier molecular flexibility index (Phi) is 3.28. The quantitative estimate of drug-likeness (QED) is 0.151. The van der Waals surface area contributed by atoms with Crippen molar-refractivity contribution in [2.45, 2.75) is 0 Å². The Morgan fingerprint density at radius 2 is 0.684 bits per heavy atom. The average Bonchev–Trinajstić information content (AvgIpc) is 2.97. The molecule has 0 nitrogen and oxygen atoms in total. The maximum absolute atomic E-state index is 2.45. The first-order valence-electron chi connectivity index (χ1n) is 13.4. The van der Waals surface area contributed by atoms with Crippen molar-refractivity contribution < 1.29 is 0 Å². The third kappa shape index (κ3) is 2.20. The Morgan fingerprint density at radius 1 is 0.211 bits per heavy atom. The summed E-state index contributed by atoms with van der Waals surface area (Å²) >= 11 is 0. The smallest absolute Gasteiger partial charge is 0.000763 e. The van der Waals surface area contributed by atoms with Crippen LogP contribution in [0.2, 0.25) is 0 Å². The van der Waals surface area contributed by atoms with Crippen molar-refractivity contribution in [3.05, 3.63) is 121 Å². The Hall–Kier alpha value is -4.94. The predicted octanol–water partition coefficient (Wildman–Crippen LogP) is 10.9.